The quantitative estimate of drug-likeness (QED) is 0.176. The van der Waals surface area contributed by atoms with Crippen molar-refractivity contribution in [3.05, 3.63) is 111 Å². The summed E-state index contributed by atoms with van der Waals surface area (Å²) in [6.07, 6.45) is 1.49. The Hall–Kier alpha value is -3.98. The van der Waals surface area contributed by atoms with Gasteiger partial charge in [0.05, 0.1) is 9.26 Å². The molecule has 1 fully saturated rings. The number of imide groups is 2. The van der Waals surface area contributed by atoms with Crippen molar-refractivity contribution in [1.82, 2.24) is 5.32 Å². The van der Waals surface area contributed by atoms with Gasteiger partial charge in [0.25, 0.3) is 11.8 Å². The van der Waals surface area contributed by atoms with Crippen LogP contribution in [0.5, 0.6) is 5.75 Å². The van der Waals surface area contributed by atoms with E-state index in [1.807, 2.05) is 36.4 Å². The van der Waals surface area contributed by atoms with Crippen molar-refractivity contribution in [1.29, 1.82) is 0 Å². The summed E-state index contributed by atoms with van der Waals surface area (Å²) in [5.41, 5.74) is 2.78. The normalized spacial score (nSPS) is 14.9. The average Bonchev–Trinajstić information content (AvgIpc) is 2.87. The Morgan fingerprint density at radius 1 is 0.889 bits per heavy atom. The zero-order valence-electron chi connectivity index (χ0n) is 19.3. The number of nitrogens with one attached hydrogen (secondary N) is 1. The molecule has 0 atom stereocenters. The molecule has 0 saturated carbocycles. The summed E-state index contributed by atoms with van der Waals surface area (Å²) in [4.78, 5) is 39.1. The third kappa shape index (κ3) is 4.74. The van der Waals surface area contributed by atoms with E-state index in [1.54, 1.807) is 31.2 Å². The molecule has 0 radical (unpaired) electrons. The van der Waals surface area contributed by atoms with E-state index in [-0.39, 0.29) is 5.57 Å². The Kier molecular flexibility index (Phi) is 6.56. The smallest absolute Gasteiger partial charge is 0.335 e. The third-order valence-corrected chi connectivity index (χ3v) is 6.78. The predicted molar refractivity (Wildman–Crippen MR) is 148 cm³/mol. The van der Waals surface area contributed by atoms with E-state index in [2.05, 4.69) is 52.2 Å². The summed E-state index contributed by atoms with van der Waals surface area (Å²) in [5.74, 6) is -0.687. The number of rotatable bonds is 5. The molecule has 4 aromatic rings. The first-order valence-electron chi connectivity index (χ1n) is 11.3. The van der Waals surface area contributed by atoms with Crippen LogP contribution in [0.2, 0.25) is 0 Å². The minimum absolute atomic E-state index is 0.113. The molecule has 1 aliphatic rings. The highest BCUT2D eigenvalue weighted by Crippen LogP contribution is 2.28. The van der Waals surface area contributed by atoms with Crippen LogP contribution in [0, 0.1) is 10.5 Å². The van der Waals surface area contributed by atoms with Crippen LogP contribution in [0.15, 0.2) is 90.5 Å². The lowest BCUT2D eigenvalue weighted by atomic mass is 10.1. The Bertz CT molecular complexity index is 1560. The van der Waals surface area contributed by atoms with E-state index >= 15 is 0 Å². The van der Waals surface area contributed by atoms with E-state index in [9.17, 15) is 14.4 Å². The third-order valence-electron chi connectivity index (χ3n) is 5.93. The van der Waals surface area contributed by atoms with Crippen LogP contribution in [0.3, 0.4) is 0 Å². The molecule has 6 nitrogen and oxygen atoms in total. The number of carbonyl (C=O) groups excluding carboxylic acids is 3. The van der Waals surface area contributed by atoms with Gasteiger partial charge in [0.2, 0.25) is 0 Å². The fraction of sp³-hybridized carbons (Fsp3) is 0.0690. The zero-order valence-corrected chi connectivity index (χ0v) is 21.5. The molecule has 36 heavy (non-hydrogen) atoms. The number of para-hydroxylation sites is 1. The maximum Gasteiger partial charge on any atom is 0.335 e. The topological polar surface area (TPSA) is 75.7 Å². The second-order valence-electron chi connectivity index (χ2n) is 8.40. The SMILES string of the molecule is Cc1ccccc1N1C(=O)NC(=O)/C(=C\c2ccc(OCc3ccc4ccccc4c3)c(I)c2)C1=O. The Balaban J connectivity index is 1.36. The second-order valence-corrected chi connectivity index (χ2v) is 9.57. The second kappa shape index (κ2) is 9.94. The molecular formula is C29H21IN2O4. The predicted octanol–water partition coefficient (Wildman–Crippen LogP) is 6.00. The van der Waals surface area contributed by atoms with Crippen LogP contribution in [0.25, 0.3) is 16.8 Å². The van der Waals surface area contributed by atoms with Crippen LogP contribution in [0.4, 0.5) is 10.5 Å². The van der Waals surface area contributed by atoms with Gasteiger partial charge in [-0.25, -0.2) is 9.69 Å². The van der Waals surface area contributed by atoms with Gasteiger partial charge in [-0.3, -0.25) is 14.9 Å². The number of anilines is 1. The highest BCUT2D eigenvalue weighted by molar-refractivity contribution is 14.1. The first kappa shape index (κ1) is 23.7. The molecule has 0 aliphatic carbocycles. The van der Waals surface area contributed by atoms with Crippen LogP contribution in [-0.4, -0.2) is 17.8 Å². The minimum atomic E-state index is -0.761. The van der Waals surface area contributed by atoms with Gasteiger partial charge in [-0.15, -0.1) is 0 Å². The Morgan fingerprint density at radius 3 is 2.42 bits per heavy atom. The molecule has 4 aromatic carbocycles. The average molecular weight is 588 g/mol. The highest BCUT2D eigenvalue weighted by Gasteiger charge is 2.37. The van der Waals surface area contributed by atoms with Gasteiger partial charge < -0.3 is 4.74 Å². The number of carbonyl (C=O) groups is 3. The maximum atomic E-state index is 13.2. The molecule has 1 aliphatic heterocycles. The fourth-order valence-electron chi connectivity index (χ4n) is 4.07. The molecule has 0 spiro atoms. The number of hydrogen-bond donors (Lipinski definition) is 1. The number of amides is 4. The molecule has 5 rings (SSSR count). The zero-order chi connectivity index (χ0) is 25.2. The van der Waals surface area contributed by atoms with Crippen molar-refractivity contribution < 1.29 is 19.1 Å². The van der Waals surface area contributed by atoms with Crippen LogP contribution in [-0.2, 0) is 16.2 Å². The number of aryl methyl sites for hydroxylation is 1. The monoisotopic (exact) mass is 588 g/mol. The number of hydrogen-bond acceptors (Lipinski definition) is 4. The Labute approximate surface area is 221 Å². The standard InChI is InChI=1S/C29H21IN2O4/c1-18-6-2-5-9-25(18)32-28(34)23(27(33)31-29(32)35)15-19-11-13-26(24(30)16-19)36-17-20-10-12-21-7-3-4-8-22(21)14-20/h2-16H,17H2,1H3,(H,31,33,35)/b23-15+. The Morgan fingerprint density at radius 2 is 1.64 bits per heavy atom. The lowest BCUT2D eigenvalue weighted by molar-refractivity contribution is -0.122. The van der Waals surface area contributed by atoms with Crippen molar-refractivity contribution in [3.63, 3.8) is 0 Å². The molecular weight excluding hydrogens is 567 g/mol. The number of urea groups is 1. The number of nitrogens with zero attached hydrogens (tertiary/aromatic N) is 1. The minimum Gasteiger partial charge on any atom is -0.488 e. The van der Waals surface area contributed by atoms with E-state index < -0.39 is 17.8 Å². The van der Waals surface area contributed by atoms with E-state index in [4.69, 9.17) is 4.74 Å². The van der Waals surface area contributed by atoms with Crippen molar-refractivity contribution in [3.8, 4) is 5.75 Å². The molecule has 0 aromatic heterocycles. The van der Waals surface area contributed by atoms with Crippen LogP contribution < -0.4 is 15.0 Å². The summed E-state index contributed by atoms with van der Waals surface area (Å²) in [7, 11) is 0. The molecule has 0 unspecified atom stereocenters. The number of halogens is 1. The number of ether oxygens (including phenoxy) is 1. The lowest BCUT2D eigenvalue weighted by Crippen LogP contribution is -2.54. The summed E-state index contributed by atoms with van der Waals surface area (Å²) in [6.45, 7) is 2.21. The van der Waals surface area contributed by atoms with Crippen molar-refractivity contribution in [2.75, 3.05) is 4.90 Å². The van der Waals surface area contributed by atoms with E-state index in [0.29, 0.717) is 23.6 Å². The molecule has 4 amide bonds. The van der Waals surface area contributed by atoms with E-state index in [1.165, 1.54) is 11.5 Å². The van der Waals surface area contributed by atoms with Gasteiger partial charge >= 0.3 is 6.03 Å². The molecule has 178 valence electrons. The summed E-state index contributed by atoms with van der Waals surface area (Å²) >= 11 is 2.16. The van der Waals surface area contributed by atoms with Gasteiger partial charge in [-0.05, 0) is 87.3 Å². The van der Waals surface area contributed by atoms with Crippen molar-refractivity contribution in [2.24, 2.45) is 0 Å². The van der Waals surface area contributed by atoms with Gasteiger partial charge in [0, 0.05) is 0 Å². The van der Waals surface area contributed by atoms with Gasteiger partial charge in [0.15, 0.2) is 0 Å². The van der Waals surface area contributed by atoms with Crippen LogP contribution >= 0.6 is 22.6 Å². The molecule has 1 heterocycles. The van der Waals surface area contributed by atoms with E-state index in [0.717, 1.165) is 25.0 Å². The highest BCUT2D eigenvalue weighted by atomic mass is 127. The van der Waals surface area contributed by atoms with Crippen molar-refractivity contribution in [2.45, 2.75) is 13.5 Å². The summed E-state index contributed by atoms with van der Waals surface area (Å²) < 4.78 is 6.87. The fourth-order valence-corrected chi connectivity index (χ4v) is 4.77. The number of barbiturate groups is 1. The first-order valence-corrected chi connectivity index (χ1v) is 12.4. The summed E-state index contributed by atoms with van der Waals surface area (Å²) in [6, 6.07) is 26.1. The van der Waals surface area contributed by atoms with Gasteiger partial charge in [-0.2, -0.15) is 0 Å². The molecule has 0 bridgehead atoms. The number of fused-ring (bicyclic) bond motifs is 1. The maximum absolute atomic E-state index is 13.2. The van der Waals surface area contributed by atoms with Crippen LogP contribution in [0.1, 0.15) is 16.7 Å². The summed E-state index contributed by atoms with van der Waals surface area (Å²) in [5, 5.41) is 4.60. The lowest BCUT2D eigenvalue weighted by Gasteiger charge is -2.27. The van der Waals surface area contributed by atoms with Gasteiger partial charge in [0.1, 0.15) is 17.9 Å². The largest absolute Gasteiger partial charge is 0.488 e. The molecule has 1 saturated heterocycles. The first-order chi connectivity index (χ1) is 17.4. The van der Waals surface area contributed by atoms with Gasteiger partial charge in [-0.1, -0.05) is 60.7 Å². The molecule has 7 heteroatoms. The van der Waals surface area contributed by atoms with Crippen molar-refractivity contribution >= 4 is 63.0 Å². The molecule has 1 N–H and O–H groups in total. The number of benzene rings is 4.